The maximum Gasteiger partial charge on any atom is 0.416 e. The van der Waals surface area contributed by atoms with Gasteiger partial charge in [0.05, 0.1) is 16.5 Å². The third-order valence-corrected chi connectivity index (χ3v) is 8.46. The van der Waals surface area contributed by atoms with E-state index in [4.69, 9.17) is 0 Å². The molecule has 1 fully saturated rings. The van der Waals surface area contributed by atoms with Crippen LogP contribution in [0, 0.1) is 6.92 Å². The zero-order chi connectivity index (χ0) is 23.4. The monoisotopic (exact) mass is 485 g/mol. The van der Waals surface area contributed by atoms with E-state index in [0.717, 1.165) is 41.4 Å². The summed E-state index contributed by atoms with van der Waals surface area (Å²) >= 11 is 1.10. The van der Waals surface area contributed by atoms with Crippen molar-refractivity contribution in [2.45, 2.75) is 56.1 Å². The Morgan fingerprint density at radius 2 is 1.72 bits per heavy atom. The zero-order valence-corrected chi connectivity index (χ0v) is 19.4. The minimum Gasteiger partial charge on any atom is -0.285 e. The van der Waals surface area contributed by atoms with Crippen LogP contribution in [-0.4, -0.2) is 36.2 Å². The van der Waals surface area contributed by atoms with Gasteiger partial charge in [0.2, 0.25) is 15.1 Å². The first-order valence-electron chi connectivity index (χ1n) is 10.5. The van der Waals surface area contributed by atoms with Gasteiger partial charge in [-0.15, -0.1) is 0 Å². The zero-order valence-electron chi connectivity index (χ0n) is 17.8. The Bertz CT molecular complexity index is 1020. The van der Waals surface area contributed by atoms with Crippen LogP contribution in [0.15, 0.2) is 53.4 Å². The van der Waals surface area contributed by atoms with Crippen LogP contribution in [-0.2, 0) is 27.4 Å². The fourth-order valence-corrected chi connectivity index (χ4v) is 6.33. The highest BCUT2D eigenvalue weighted by Crippen LogP contribution is 2.30. The summed E-state index contributed by atoms with van der Waals surface area (Å²) in [6, 6.07) is 10.9. The molecular formula is C23H26F3NO3S2. The number of hydrogen-bond acceptors (Lipinski definition) is 4. The number of carbonyl (C=O) groups is 1. The first kappa shape index (κ1) is 24.8. The minimum atomic E-state index is -4.36. The molecule has 0 aromatic heterocycles. The highest BCUT2D eigenvalue weighted by molar-refractivity contribution is 8.13. The van der Waals surface area contributed by atoms with Crippen molar-refractivity contribution in [1.29, 1.82) is 0 Å². The smallest absolute Gasteiger partial charge is 0.285 e. The first-order valence-corrected chi connectivity index (χ1v) is 12.9. The Kier molecular flexibility index (Phi) is 8.06. The summed E-state index contributed by atoms with van der Waals surface area (Å²) in [5.74, 6) is 0.481. The Balaban J connectivity index is 1.56. The lowest BCUT2D eigenvalue weighted by Crippen LogP contribution is -2.47. The van der Waals surface area contributed by atoms with Crippen LogP contribution in [0.4, 0.5) is 13.2 Å². The number of benzene rings is 2. The minimum absolute atomic E-state index is 0.173. The second-order valence-corrected chi connectivity index (χ2v) is 10.9. The molecule has 0 amide bonds. The molecule has 1 aliphatic rings. The van der Waals surface area contributed by atoms with Gasteiger partial charge in [0.15, 0.2) is 0 Å². The molecule has 1 heterocycles. The summed E-state index contributed by atoms with van der Waals surface area (Å²) in [7, 11) is -3.76. The molecule has 32 heavy (non-hydrogen) atoms. The predicted molar refractivity (Wildman–Crippen MR) is 120 cm³/mol. The van der Waals surface area contributed by atoms with Crippen LogP contribution in [0.2, 0.25) is 0 Å². The van der Waals surface area contributed by atoms with Crippen LogP contribution in [0.5, 0.6) is 0 Å². The number of halogens is 3. The summed E-state index contributed by atoms with van der Waals surface area (Å²) in [6.07, 6.45) is -1.19. The Labute approximate surface area is 191 Å². The maximum absolute atomic E-state index is 13.1. The molecule has 1 aliphatic heterocycles. The van der Waals surface area contributed by atoms with Gasteiger partial charge < -0.3 is 0 Å². The number of aryl methyl sites for hydroxylation is 2. The van der Waals surface area contributed by atoms with Crippen molar-refractivity contribution in [2.75, 3.05) is 12.3 Å². The molecular weight excluding hydrogens is 459 g/mol. The second kappa shape index (κ2) is 10.4. The first-order chi connectivity index (χ1) is 15.1. The van der Waals surface area contributed by atoms with Gasteiger partial charge in [-0.2, -0.15) is 17.5 Å². The molecule has 174 valence electrons. The molecule has 0 bridgehead atoms. The number of piperidine rings is 1. The summed E-state index contributed by atoms with van der Waals surface area (Å²) in [4.78, 5) is 13.0. The highest BCUT2D eigenvalue weighted by atomic mass is 32.2. The van der Waals surface area contributed by atoms with Crippen molar-refractivity contribution in [3.8, 4) is 0 Å². The van der Waals surface area contributed by atoms with Crippen LogP contribution < -0.4 is 0 Å². The van der Waals surface area contributed by atoms with E-state index in [-0.39, 0.29) is 10.0 Å². The van der Waals surface area contributed by atoms with Gasteiger partial charge in [0, 0.05) is 12.3 Å². The van der Waals surface area contributed by atoms with Crippen molar-refractivity contribution in [3.05, 3.63) is 65.2 Å². The normalized spacial score (nSPS) is 17.9. The summed E-state index contributed by atoms with van der Waals surface area (Å²) in [5, 5.41) is -0.173. The lowest BCUT2D eigenvalue weighted by Gasteiger charge is -2.33. The molecule has 1 unspecified atom stereocenters. The van der Waals surface area contributed by atoms with Gasteiger partial charge in [-0.3, -0.25) is 4.79 Å². The molecule has 2 aromatic carbocycles. The molecule has 4 nitrogen and oxygen atoms in total. The largest absolute Gasteiger partial charge is 0.416 e. The molecule has 9 heteroatoms. The fraction of sp³-hybridized carbons (Fsp3) is 0.435. The Hall–Kier alpha value is -1.84. The van der Waals surface area contributed by atoms with Crippen molar-refractivity contribution < 1.29 is 26.4 Å². The molecule has 0 aliphatic carbocycles. The average molecular weight is 486 g/mol. The Morgan fingerprint density at radius 1 is 1.06 bits per heavy atom. The second-order valence-electron chi connectivity index (χ2n) is 7.91. The van der Waals surface area contributed by atoms with Gasteiger partial charge in [-0.1, -0.05) is 48.0 Å². The van der Waals surface area contributed by atoms with E-state index in [2.05, 4.69) is 0 Å². The topological polar surface area (TPSA) is 54.5 Å². The summed E-state index contributed by atoms with van der Waals surface area (Å²) < 4.78 is 65.5. The number of hydrogen-bond donors (Lipinski definition) is 0. The average Bonchev–Trinajstić information content (AvgIpc) is 2.76. The van der Waals surface area contributed by atoms with E-state index in [0.29, 0.717) is 38.0 Å². The molecule has 1 atom stereocenters. The summed E-state index contributed by atoms with van der Waals surface area (Å²) in [6.45, 7) is 2.20. The van der Waals surface area contributed by atoms with Gasteiger partial charge in [-0.05, 0) is 62.4 Å². The number of rotatable bonds is 7. The molecule has 0 radical (unpaired) electrons. The van der Waals surface area contributed by atoms with E-state index in [1.165, 1.54) is 16.4 Å². The van der Waals surface area contributed by atoms with Crippen LogP contribution >= 0.6 is 11.8 Å². The van der Waals surface area contributed by atoms with E-state index in [9.17, 15) is 26.4 Å². The van der Waals surface area contributed by atoms with E-state index in [1.54, 1.807) is 24.3 Å². The van der Waals surface area contributed by atoms with E-state index >= 15 is 0 Å². The third kappa shape index (κ3) is 6.14. The molecule has 1 saturated heterocycles. The van der Waals surface area contributed by atoms with Crippen molar-refractivity contribution in [1.82, 2.24) is 4.31 Å². The number of alkyl halides is 3. The SMILES string of the molecule is Cc1ccc(S(=O)(=O)N2CCCCC2C(=O)SCCCc2ccc(C(F)(F)F)cc2)cc1. The quantitative estimate of drug-likeness (QED) is 0.490. The van der Waals surface area contributed by atoms with E-state index < -0.39 is 27.8 Å². The van der Waals surface area contributed by atoms with Gasteiger partial charge in [0.25, 0.3) is 0 Å². The number of sulfonamides is 1. The van der Waals surface area contributed by atoms with Crippen LogP contribution in [0.25, 0.3) is 0 Å². The van der Waals surface area contributed by atoms with Crippen molar-refractivity contribution in [3.63, 3.8) is 0 Å². The van der Waals surface area contributed by atoms with Crippen molar-refractivity contribution in [2.24, 2.45) is 0 Å². The maximum atomic E-state index is 13.1. The van der Waals surface area contributed by atoms with Gasteiger partial charge in [-0.25, -0.2) is 8.42 Å². The van der Waals surface area contributed by atoms with Crippen LogP contribution in [0.3, 0.4) is 0 Å². The fourth-order valence-electron chi connectivity index (χ4n) is 3.68. The predicted octanol–water partition coefficient (Wildman–Crippen LogP) is 5.45. The lowest BCUT2D eigenvalue weighted by molar-refractivity contribution is -0.137. The molecule has 3 rings (SSSR count). The Morgan fingerprint density at radius 3 is 2.34 bits per heavy atom. The number of carbonyl (C=O) groups excluding carboxylic acids is 1. The third-order valence-electron chi connectivity index (χ3n) is 5.49. The number of thioether (sulfide) groups is 1. The van der Waals surface area contributed by atoms with E-state index in [1.807, 2.05) is 6.92 Å². The van der Waals surface area contributed by atoms with Crippen molar-refractivity contribution >= 4 is 26.9 Å². The standard InChI is InChI=1S/C23H26F3NO3S2/c1-17-7-13-20(14-8-17)32(29,30)27-15-3-2-6-21(27)22(28)31-16-4-5-18-9-11-19(12-10-18)23(24,25)26/h7-14,21H,2-6,15-16H2,1H3. The van der Waals surface area contributed by atoms with Gasteiger partial charge >= 0.3 is 6.18 Å². The molecule has 0 spiro atoms. The van der Waals surface area contributed by atoms with Gasteiger partial charge in [0.1, 0.15) is 0 Å². The molecule has 0 N–H and O–H groups in total. The molecule has 0 saturated carbocycles. The highest BCUT2D eigenvalue weighted by Gasteiger charge is 2.37. The lowest BCUT2D eigenvalue weighted by atomic mass is 10.1. The molecule has 2 aromatic rings. The number of nitrogens with zero attached hydrogens (tertiary/aromatic N) is 1. The summed E-state index contributed by atoms with van der Waals surface area (Å²) in [5.41, 5.74) is 1.05. The van der Waals surface area contributed by atoms with Crippen LogP contribution in [0.1, 0.15) is 42.4 Å².